The Morgan fingerprint density at radius 2 is 2.04 bits per heavy atom. The third-order valence-corrected chi connectivity index (χ3v) is 3.35. The van der Waals surface area contributed by atoms with Gasteiger partial charge in [0, 0.05) is 26.3 Å². The van der Waals surface area contributed by atoms with Gasteiger partial charge >= 0.3 is 0 Å². The molecule has 0 atom stereocenters. The Labute approximate surface area is 141 Å². The van der Waals surface area contributed by atoms with E-state index < -0.39 is 0 Å². The Morgan fingerprint density at radius 1 is 1.17 bits per heavy atom. The number of carbonyl (C=O) groups is 1. The van der Waals surface area contributed by atoms with E-state index in [0.717, 1.165) is 17.7 Å². The van der Waals surface area contributed by atoms with Crippen LogP contribution in [0.15, 0.2) is 36.7 Å². The van der Waals surface area contributed by atoms with Crippen molar-refractivity contribution >= 4 is 11.7 Å². The zero-order valence-corrected chi connectivity index (χ0v) is 13.9. The van der Waals surface area contributed by atoms with Crippen LogP contribution in [0.3, 0.4) is 0 Å². The molecule has 0 saturated carbocycles. The molecule has 2 rings (SSSR count). The molecule has 1 amide bonds. The molecular formula is C17H22N4O3. The minimum atomic E-state index is -0.245. The lowest BCUT2D eigenvalue weighted by Gasteiger charge is -2.08. The highest BCUT2D eigenvalue weighted by Crippen LogP contribution is 2.13. The maximum Gasteiger partial charge on any atom is 0.270 e. The SMILES string of the molecule is COCCNC(=O)c1cc(NCCc2cccc(OC)c2)ncn1. The number of aromatic nitrogens is 2. The van der Waals surface area contributed by atoms with Gasteiger partial charge in [-0.25, -0.2) is 9.97 Å². The highest BCUT2D eigenvalue weighted by Gasteiger charge is 2.08. The van der Waals surface area contributed by atoms with Crippen LogP contribution in [0.2, 0.25) is 0 Å². The van der Waals surface area contributed by atoms with Gasteiger partial charge in [0.05, 0.1) is 13.7 Å². The zero-order chi connectivity index (χ0) is 17.2. The molecule has 7 heteroatoms. The van der Waals surface area contributed by atoms with Gasteiger partial charge in [0.25, 0.3) is 5.91 Å². The first-order valence-electron chi connectivity index (χ1n) is 7.69. The van der Waals surface area contributed by atoms with Gasteiger partial charge in [0.2, 0.25) is 0 Å². The van der Waals surface area contributed by atoms with Crippen LogP contribution in [0.1, 0.15) is 16.1 Å². The molecule has 0 unspecified atom stereocenters. The van der Waals surface area contributed by atoms with Gasteiger partial charge in [-0.15, -0.1) is 0 Å². The van der Waals surface area contributed by atoms with Gasteiger partial charge in [-0.2, -0.15) is 0 Å². The summed E-state index contributed by atoms with van der Waals surface area (Å²) in [5.74, 6) is 1.21. The number of nitrogens with zero attached hydrogens (tertiary/aromatic N) is 2. The van der Waals surface area contributed by atoms with E-state index in [4.69, 9.17) is 9.47 Å². The summed E-state index contributed by atoms with van der Waals surface area (Å²) in [7, 11) is 3.23. The molecule has 2 aromatic rings. The number of hydrogen-bond acceptors (Lipinski definition) is 6. The standard InChI is InChI=1S/C17H22N4O3/c1-23-9-8-19-17(22)15-11-16(21-12-20-15)18-7-6-13-4-3-5-14(10-13)24-2/h3-5,10-12H,6-9H2,1-2H3,(H,19,22)(H,18,20,21). The van der Waals surface area contributed by atoms with Crippen LogP contribution in [-0.2, 0) is 11.2 Å². The molecule has 1 heterocycles. The van der Waals surface area contributed by atoms with Gasteiger partial charge in [-0.3, -0.25) is 4.79 Å². The quantitative estimate of drug-likeness (QED) is 0.678. The molecule has 1 aromatic heterocycles. The third kappa shape index (κ3) is 5.51. The Bertz CT molecular complexity index is 664. The highest BCUT2D eigenvalue weighted by molar-refractivity contribution is 5.92. The minimum absolute atomic E-state index is 0.245. The van der Waals surface area contributed by atoms with Crippen molar-refractivity contribution in [3.8, 4) is 5.75 Å². The van der Waals surface area contributed by atoms with Crippen LogP contribution < -0.4 is 15.4 Å². The first-order valence-corrected chi connectivity index (χ1v) is 7.69. The van der Waals surface area contributed by atoms with Crippen LogP contribution in [0, 0.1) is 0 Å². The third-order valence-electron chi connectivity index (χ3n) is 3.35. The van der Waals surface area contributed by atoms with Crippen LogP contribution >= 0.6 is 0 Å². The van der Waals surface area contributed by atoms with Crippen LogP contribution in [0.25, 0.3) is 0 Å². The lowest BCUT2D eigenvalue weighted by Crippen LogP contribution is -2.27. The molecule has 0 aliphatic carbocycles. The maximum absolute atomic E-state index is 11.9. The first-order chi connectivity index (χ1) is 11.7. The van der Waals surface area contributed by atoms with Crippen molar-refractivity contribution in [3.05, 3.63) is 47.9 Å². The van der Waals surface area contributed by atoms with E-state index in [1.165, 1.54) is 6.33 Å². The summed E-state index contributed by atoms with van der Waals surface area (Å²) in [6.07, 6.45) is 2.19. The molecule has 24 heavy (non-hydrogen) atoms. The van der Waals surface area contributed by atoms with E-state index in [-0.39, 0.29) is 5.91 Å². The maximum atomic E-state index is 11.9. The number of anilines is 1. The average molecular weight is 330 g/mol. The van der Waals surface area contributed by atoms with Gasteiger partial charge in [0.15, 0.2) is 0 Å². The lowest BCUT2D eigenvalue weighted by molar-refractivity contribution is 0.0932. The van der Waals surface area contributed by atoms with E-state index >= 15 is 0 Å². The highest BCUT2D eigenvalue weighted by atomic mass is 16.5. The molecule has 2 N–H and O–H groups in total. The number of methoxy groups -OCH3 is 2. The minimum Gasteiger partial charge on any atom is -0.497 e. The Morgan fingerprint density at radius 3 is 2.83 bits per heavy atom. The molecule has 0 saturated heterocycles. The van der Waals surface area contributed by atoms with Gasteiger partial charge in [0.1, 0.15) is 23.6 Å². The normalized spacial score (nSPS) is 10.2. The molecule has 0 aliphatic heterocycles. The molecular weight excluding hydrogens is 308 g/mol. The predicted molar refractivity (Wildman–Crippen MR) is 91.4 cm³/mol. The zero-order valence-electron chi connectivity index (χ0n) is 13.9. The molecule has 0 fully saturated rings. The van der Waals surface area contributed by atoms with Crippen LogP contribution in [0.5, 0.6) is 5.75 Å². The Balaban J connectivity index is 1.86. The number of ether oxygens (including phenoxy) is 2. The molecule has 7 nitrogen and oxygen atoms in total. The number of nitrogens with one attached hydrogen (secondary N) is 2. The van der Waals surface area contributed by atoms with Crippen molar-refractivity contribution in [2.24, 2.45) is 0 Å². The molecule has 128 valence electrons. The van der Waals surface area contributed by atoms with Crippen molar-refractivity contribution in [1.29, 1.82) is 0 Å². The summed E-state index contributed by atoms with van der Waals surface area (Å²) < 4.78 is 10.1. The van der Waals surface area contributed by atoms with E-state index in [9.17, 15) is 4.79 Å². The van der Waals surface area contributed by atoms with E-state index in [2.05, 4.69) is 20.6 Å². The van der Waals surface area contributed by atoms with Gasteiger partial charge in [-0.05, 0) is 24.1 Å². The average Bonchev–Trinajstić information content (AvgIpc) is 2.62. The lowest BCUT2D eigenvalue weighted by atomic mass is 10.1. The number of carbonyl (C=O) groups excluding carboxylic acids is 1. The Kier molecular flexibility index (Phi) is 6.97. The van der Waals surface area contributed by atoms with Crippen molar-refractivity contribution < 1.29 is 14.3 Å². The van der Waals surface area contributed by atoms with E-state index in [0.29, 0.717) is 31.2 Å². The monoisotopic (exact) mass is 330 g/mol. The first kappa shape index (κ1) is 17.7. The fourth-order valence-electron chi connectivity index (χ4n) is 2.10. The molecule has 0 bridgehead atoms. The van der Waals surface area contributed by atoms with Gasteiger partial charge in [-0.1, -0.05) is 12.1 Å². The summed E-state index contributed by atoms with van der Waals surface area (Å²) in [6, 6.07) is 9.54. The fraction of sp³-hybridized carbons (Fsp3) is 0.353. The number of benzene rings is 1. The molecule has 0 aliphatic rings. The smallest absolute Gasteiger partial charge is 0.270 e. The van der Waals surface area contributed by atoms with Crippen molar-refractivity contribution in [3.63, 3.8) is 0 Å². The topological polar surface area (TPSA) is 85.4 Å². The molecule has 0 spiro atoms. The van der Waals surface area contributed by atoms with Crippen molar-refractivity contribution in [2.45, 2.75) is 6.42 Å². The van der Waals surface area contributed by atoms with E-state index in [1.54, 1.807) is 20.3 Å². The number of amides is 1. The predicted octanol–water partition coefficient (Wildman–Crippen LogP) is 1.52. The summed E-state index contributed by atoms with van der Waals surface area (Å²) in [5, 5.41) is 5.92. The van der Waals surface area contributed by atoms with Crippen molar-refractivity contribution in [2.75, 3.05) is 39.2 Å². The second-order valence-corrected chi connectivity index (χ2v) is 5.07. The summed E-state index contributed by atoms with van der Waals surface area (Å²) >= 11 is 0. The Hall–Kier alpha value is -2.67. The molecule has 1 aromatic carbocycles. The van der Waals surface area contributed by atoms with E-state index in [1.807, 2.05) is 24.3 Å². The second kappa shape index (κ2) is 9.46. The largest absolute Gasteiger partial charge is 0.497 e. The second-order valence-electron chi connectivity index (χ2n) is 5.07. The fourth-order valence-corrected chi connectivity index (χ4v) is 2.10. The van der Waals surface area contributed by atoms with Crippen LogP contribution in [-0.4, -0.2) is 49.8 Å². The summed E-state index contributed by atoms with van der Waals surface area (Å²) in [4.78, 5) is 20.1. The number of rotatable bonds is 9. The van der Waals surface area contributed by atoms with Crippen molar-refractivity contribution in [1.82, 2.24) is 15.3 Å². The van der Waals surface area contributed by atoms with Gasteiger partial charge < -0.3 is 20.1 Å². The summed E-state index contributed by atoms with van der Waals surface area (Å²) in [6.45, 7) is 1.59. The van der Waals surface area contributed by atoms with Crippen LogP contribution in [0.4, 0.5) is 5.82 Å². The molecule has 0 radical (unpaired) electrons. The number of hydrogen-bond donors (Lipinski definition) is 2. The summed E-state index contributed by atoms with van der Waals surface area (Å²) in [5.41, 5.74) is 1.48.